The molecule has 31 heavy (non-hydrogen) atoms. The van der Waals surface area contributed by atoms with E-state index in [4.69, 9.17) is 16.3 Å². The molecule has 0 radical (unpaired) electrons. The highest BCUT2D eigenvalue weighted by molar-refractivity contribution is 7.86. The molecule has 4 aromatic rings. The fourth-order valence-electron chi connectivity index (χ4n) is 3.08. The van der Waals surface area contributed by atoms with Crippen molar-refractivity contribution in [3.8, 4) is 17.0 Å². The number of alkyl halides is 2. The first kappa shape index (κ1) is 21.1. The number of fused-ring (bicyclic) bond motifs is 1. The molecule has 0 amide bonds. The van der Waals surface area contributed by atoms with Gasteiger partial charge in [0.15, 0.2) is 11.0 Å². The smallest absolute Gasteiger partial charge is 0.265 e. The van der Waals surface area contributed by atoms with E-state index in [-0.39, 0.29) is 16.3 Å². The van der Waals surface area contributed by atoms with Crippen molar-refractivity contribution >= 4 is 39.2 Å². The van der Waals surface area contributed by atoms with Crippen LogP contribution in [0, 0.1) is 0 Å². The molecule has 0 aliphatic heterocycles. The molecule has 0 spiro atoms. The second-order valence-electron chi connectivity index (χ2n) is 6.38. The number of methoxy groups -OCH3 is 1. The minimum atomic E-state index is -2.73. The number of rotatable bonds is 6. The van der Waals surface area contributed by atoms with Gasteiger partial charge in [0.25, 0.3) is 6.43 Å². The monoisotopic (exact) mass is 460 g/mol. The number of halogens is 3. The van der Waals surface area contributed by atoms with Gasteiger partial charge in [0.2, 0.25) is 0 Å². The highest BCUT2D eigenvalue weighted by Gasteiger charge is 2.19. The summed E-state index contributed by atoms with van der Waals surface area (Å²) in [5.41, 5.74) is 0.685. The predicted octanol–water partition coefficient (Wildman–Crippen LogP) is 5.43. The molecule has 158 valence electrons. The Balaban J connectivity index is 1.76. The lowest BCUT2D eigenvalue weighted by Crippen LogP contribution is -2.06. The van der Waals surface area contributed by atoms with Crippen molar-refractivity contribution in [1.82, 2.24) is 15.0 Å². The number of aromatic nitrogens is 3. The lowest BCUT2D eigenvalue weighted by molar-refractivity contribution is 0.151. The van der Waals surface area contributed by atoms with Gasteiger partial charge in [0.05, 0.1) is 22.7 Å². The molecular formula is C21H15ClF2N4O2S. The second-order valence-corrected chi connectivity index (χ2v) is 8.00. The Morgan fingerprint density at radius 3 is 2.65 bits per heavy atom. The maximum absolute atomic E-state index is 13.2. The minimum Gasteiger partial charge on any atom is -0.496 e. The SMILES string of the molecule is COc1cc(C(F)F)c(Cl)cc1-c1nccc2cc(S(=O)Nc3ccncn3)ccc12. The zero-order chi connectivity index (χ0) is 22.0. The number of nitrogens with one attached hydrogen (secondary N) is 1. The van der Waals surface area contributed by atoms with Crippen molar-refractivity contribution in [3.05, 3.63) is 71.8 Å². The number of benzene rings is 2. The highest BCUT2D eigenvalue weighted by Crippen LogP contribution is 2.40. The van der Waals surface area contributed by atoms with Crippen LogP contribution in [0.15, 0.2) is 66.1 Å². The number of hydrogen-bond acceptors (Lipinski definition) is 5. The second kappa shape index (κ2) is 8.91. The van der Waals surface area contributed by atoms with Crippen molar-refractivity contribution in [1.29, 1.82) is 0 Å². The molecule has 0 bridgehead atoms. The number of nitrogens with zero attached hydrogens (tertiary/aromatic N) is 3. The molecule has 1 unspecified atom stereocenters. The van der Waals surface area contributed by atoms with Crippen LogP contribution in [0.4, 0.5) is 14.6 Å². The third kappa shape index (κ3) is 4.33. The van der Waals surface area contributed by atoms with Crippen molar-refractivity contribution in [3.63, 3.8) is 0 Å². The van der Waals surface area contributed by atoms with E-state index in [9.17, 15) is 13.0 Å². The fourth-order valence-corrected chi connectivity index (χ4v) is 4.18. The van der Waals surface area contributed by atoms with Crippen LogP contribution >= 0.6 is 11.6 Å². The van der Waals surface area contributed by atoms with Crippen LogP contribution in [0.1, 0.15) is 12.0 Å². The number of pyridine rings is 1. The summed E-state index contributed by atoms with van der Waals surface area (Å²) in [6, 6.07) is 11.2. The zero-order valence-corrected chi connectivity index (χ0v) is 17.6. The van der Waals surface area contributed by atoms with E-state index in [1.165, 1.54) is 25.6 Å². The molecule has 6 nitrogen and oxygen atoms in total. The molecule has 10 heteroatoms. The van der Waals surface area contributed by atoms with Gasteiger partial charge >= 0.3 is 0 Å². The van der Waals surface area contributed by atoms with Crippen molar-refractivity contribution in [2.24, 2.45) is 0 Å². The fraction of sp³-hybridized carbons (Fsp3) is 0.0952. The van der Waals surface area contributed by atoms with Crippen molar-refractivity contribution in [2.75, 3.05) is 11.8 Å². The Bertz CT molecular complexity index is 1280. The van der Waals surface area contributed by atoms with Crippen LogP contribution in [0.5, 0.6) is 5.75 Å². The first-order chi connectivity index (χ1) is 15.0. The average Bonchev–Trinajstić information content (AvgIpc) is 2.78. The van der Waals surface area contributed by atoms with Gasteiger partial charge in [-0.3, -0.25) is 9.71 Å². The zero-order valence-electron chi connectivity index (χ0n) is 16.1. The number of hydrogen-bond donors (Lipinski definition) is 1. The van der Waals surface area contributed by atoms with Gasteiger partial charge in [0.1, 0.15) is 17.9 Å². The third-order valence-corrected chi connectivity index (χ3v) is 5.94. The maximum atomic E-state index is 13.2. The van der Waals surface area contributed by atoms with Gasteiger partial charge in [-0.2, -0.15) is 0 Å². The maximum Gasteiger partial charge on any atom is 0.265 e. The normalized spacial score (nSPS) is 12.2. The summed E-state index contributed by atoms with van der Waals surface area (Å²) in [4.78, 5) is 12.8. The van der Waals surface area contributed by atoms with Crippen LogP contribution in [0.25, 0.3) is 22.0 Å². The van der Waals surface area contributed by atoms with Crippen molar-refractivity contribution in [2.45, 2.75) is 11.3 Å². The molecular weight excluding hydrogens is 446 g/mol. The molecule has 1 N–H and O–H groups in total. The van der Waals surface area contributed by atoms with Gasteiger partial charge in [-0.05, 0) is 41.8 Å². The summed E-state index contributed by atoms with van der Waals surface area (Å²) in [7, 11) is -0.153. The van der Waals surface area contributed by atoms with Crippen LogP contribution in [-0.4, -0.2) is 26.3 Å². The summed E-state index contributed by atoms with van der Waals surface area (Å²) < 4.78 is 47.2. The van der Waals surface area contributed by atoms with E-state index in [0.717, 1.165) is 10.8 Å². The first-order valence-electron chi connectivity index (χ1n) is 8.97. The Kier molecular flexibility index (Phi) is 6.06. The standard InChI is InChI=1S/C21H15ClF2N4O2S/c1-30-18-10-15(21(23)24)17(22)9-16(18)20-14-3-2-13(8-12(14)4-7-26-20)31(29)28-19-5-6-25-11-27-19/h2-11,21H,1H3,(H,25,27,28). The molecule has 2 heterocycles. The lowest BCUT2D eigenvalue weighted by atomic mass is 10.0. The molecule has 0 aliphatic rings. The Labute approximate surface area is 183 Å². The molecule has 2 aromatic carbocycles. The summed E-state index contributed by atoms with van der Waals surface area (Å²) in [6.45, 7) is 0. The summed E-state index contributed by atoms with van der Waals surface area (Å²) in [5, 5.41) is 1.41. The van der Waals surface area contributed by atoms with Crippen LogP contribution in [-0.2, 0) is 11.0 Å². The minimum absolute atomic E-state index is 0.0728. The van der Waals surface area contributed by atoms with E-state index in [0.29, 0.717) is 22.0 Å². The van der Waals surface area contributed by atoms with Gasteiger partial charge in [-0.1, -0.05) is 17.7 Å². The van der Waals surface area contributed by atoms with Gasteiger partial charge < -0.3 is 4.74 Å². The third-order valence-electron chi connectivity index (χ3n) is 4.54. The largest absolute Gasteiger partial charge is 0.496 e. The molecule has 0 fully saturated rings. The van der Waals surface area contributed by atoms with Crippen LogP contribution in [0.3, 0.4) is 0 Å². The lowest BCUT2D eigenvalue weighted by Gasteiger charge is -2.14. The average molecular weight is 461 g/mol. The predicted molar refractivity (Wildman–Crippen MR) is 116 cm³/mol. The topological polar surface area (TPSA) is 77.0 Å². The van der Waals surface area contributed by atoms with Crippen LogP contribution < -0.4 is 9.46 Å². The Morgan fingerprint density at radius 2 is 1.94 bits per heavy atom. The molecule has 0 aliphatic carbocycles. The molecule has 0 saturated heterocycles. The molecule has 0 saturated carbocycles. The van der Waals surface area contributed by atoms with E-state index < -0.39 is 17.4 Å². The van der Waals surface area contributed by atoms with E-state index in [1.807, 2.05) is 0 Å². The number of ether oxygens (including phenoxy) is 1. The molecule has 1 atom stereocenters. The summed E-state index contributed by atoms with van der Waals surface area (Å²) >= 11 is 6.08. The Morgan fingerprint density at radius 1 is 1.10 bits per heavy atom. The van der Waals surface area contributed by atoms with Crippen molar-refractivity contribution < 1.29 is 17.7 Å². The van der Waals surface area contributed by atoms with Gasteiger partial charge in [-0.15, -0.1) is 0 Å². The van der Waals surface area contributed by atoms with Crippen LogP contribution in [0.2, 0.25) is 5.02 Å². The summed E-state index contributed by atoms with van der Waals surface area (Å²) in [6.07, 6.45) is 1.76. The van der Waals surface area contributed by atoms with E-state index in [2.05, 4.69) is 19.7 Å². The first-order valence-corrected chi connectivity index (χ1v) is 10.5. The molecule has 4 rings (SSSR count). The quantitative estimate of drug-likeness (QED) is 0.415. The van der Waals surface area contributed by atoms with E-state index >= 15 is 0 Å². The number of anilines is 1. The Hall–Kier alpha value is -3.17. The van der Waals surface area contributed by atoms with E-state index in [1.54, 1.807) is 42.7 Å². The van der Waals surface area contributed by atoms with Gasteiger partial charge in [0, 0.05) is 28.9 Å². The summed E-state index contributed by atoms with van der Waals surface area (Å²) in [5.74, 6) is 0.667. The van der Waals surface area contributed by atoms with Gasteiger partial charge in [-0.25, -0.2) is 23.0 Å². The highest BCUT2D eigenvalue weighted by atomic mass is 35.5. The molecule has 2 aromatic heterocycles.